The minimum Gasteiger partial charge on any atom is -0.245 e. The van der Waals surface area contributed by atoms with Crippen LogP contribution in [0.4, 0.5) is 4.39 Å². The molecule has 1 aromatic carbocycles. The van der Waals surface area contributed by atoms with Crippen molar-refractivity contribution < 1.29 is 4.39 Å². The van der Waals surface area contributed by atoms with E-state index in [1.807, 2.05) is 6.92 Å². The Bertz CT molecular complexity index is 408. The van der Waals surface area contributed by atoms with Crippen LogP contribution in [0.3, 0.4) is 0 Å². The second kappa shape index (κ2) is 2.55. The molecule has 0 N–H and O–H groups in total. The van der Waals surface area contributed by atoms with Gasteiger partial charge in [0.1, 0.15) is 11.3 Å². The van der Waals surface area contributed by atoms with Crippen LogP contribution in [0.2, 0.25) is 0 Å². The summed E-state index contributed by atoms with van der Waals surface area (Å²) in [5, 5.41) is 7.73. The average molecular weight is 165 g/mol. The number of hydrogen-bond donors (Lipinski definition) is 0. The van der Waals surface area contributed by atoms with Crippen molar-refractivity contribution in [3.8, 4) is 0 Å². The molecule has 4 heteroatoms. The zero-order valence-corrected chi connectivity index (χ0v) is 6.66. The van der Waals surface area contributed by atoms with E-state index in [2.05, 4.69) is 10.3 Å². The van der Waals surface area contributed by atoms with Crippen LogP contribution >= 0.6 is 0 Å². The highest BCUT2D eigenvalue weighted by Crippen LogP contribution is 2.11. The van der Waals surface area contributed by atoms with E-state index in [-0.39, 0.29) is 5.82 Å². The van der Waals surface area contributed by atoms with Crippen LogP contribution in [-0.2, 0) is 6.54 Å². The summed E-state index contributed by atoms with van der Waals surface area (Å²) in [7, 11) is 0. The lowest BCUT2D eigenvalue weighted by Gasteiger charge is -1.94. The highest BCUT2D eigenvalue weighted by atomic mass is 19.1. The minimum atomic E-state index is -0.250. The van der Waals surface area contributed by atoms with Crippen molar-refractivity contribution in [1.82, 2.24) is 15.0 Å². The van der Waals surface area contributed by atoms with E-state index in [4.69, 9.17) is 0 Å². The number of rotatable bonds is 1. The van der Waals surface area contributed by atoms with E-state index in [0.29, 0.717) is 6.54 Å². The molecule has 2 rings (SSSR count). The van der Waals surface area contributed by atoms with Crippen LogP contribution < -0.4 is 0 Å². The number of halogens is 1. The third-order valence-corrected chi connectivity index (χ3v) is 1.78. The summed E-state index contributed by atoms with van der Waals surface area (Å²) in [6.07, 6.45) is 0. The average Bonchev–Trinajstić information content (AvgIpc) is 2.46. The van der Waals surface area contributed by atoms with Gasteiger partial charge < -0.3 is 0 Å². The molecule has 0 amide bonds. The van der Waals surface area contributed by atoms with Gasteiger partial charge in [-0.2, -0.15) is 0 Å². The molecule has 12 heavy (non-hydrogen) atoms. The van der Waals surface area contributed by atoms with Gasteiger partial charge in [0.05, 0.1) is 5.52 Å². The Kier molecular flexibility index (Phi) is 1.53. The molecule has 0 atom stereocenters. The Morgan fingerprint density at radius 2 is 2.33 bits per heavy atom. The SMILES string of the molecule is CCn1nnc2ccc(F)cc21. The highest BCUT2D eigenvalue weighted by Gasteiger charge is 2.02. The van der Waals surface area contributed by atoms with Crippen LogP contribution in [0.15, 0.2) is 18.2 Å². The van der Waals surface area contributed by atoms with Crippen LogP contribution in [0, 0.1) is 5.82 Å². The second-order valence-electron chi connectivity index (χ2n) is 2.54. The van der Waals surface area contributed by atoms with Gasteiger partial charge in [-0.15, -0.1) is 5.10 Å². The maximum Gasteiger partial charge on any atom is 0.125 e. The third kappa shape index (κ3) is 0.958. The molecule has 0 aliphatic heterocycles. The van der Waals surface area contributed by atoms with E-state index in [0.717, 1.165) is 11.0 Å². The topological polar surface area (TPSA) is 30.7 Å². The van der Waals surface area contributed by atoms with Crippen molar-refractivity contribution in [1.29, 1.82) is 0 Å². The smallest absolute Gasteiger partial charge is 0.125 e. The predicted molar refractivity (Wildman–Crippen MR) is 43.2 cm³/mol. The molecule has 62 valence electrons. The number of aromatic nitrogens is 3. The number of hydrogen-bond acceptors (Lipinski definition) is 2. The van der Waals surface area contributed by atoms with Gasteiger partial charge in [-0.3, -0.25) is 0 Å². The third-order valence-electron chi connectivity index (χ3n) is 1.78. The second-order valence-corrected chi connectivity index (χ2v) is 2.54. The fraction of sp³-hybridized carbons (Fsp3) is 0.250. The molecule has 0 aliphatic rings. The molecule has 0 radical (unpaired) electrons. The van der Waals surface area contributed by atoms with Gasteiger partial charge in [-0.05, 0) is 19.1 Å². The fourth-order valence-corrected chi connectivity index (χ4v) is 1.17. The van der Waals surface area contributed by atoms with Gasteiger partial charge in [0.25, 0.3) is 0 Å². The van der Waals surface area contributed by atoms with Crippen LogP contribution in [0.5, 0.6) is 0 Å². The standard InChI is InChI=1S/C8H8FN3/c1-2-12-8-5-6(9)3-4-7(8)10-11-12/h3-5H,2H2,1H3. The summed E-state index contributed by atoms with van der Waals surface area (Å²) < 4.78 is 14.4. The Balaban J connectivity index is 2.75. The first-order valence-corrected chi connectivity index (χ1v) is 3.80. The zero-order chi connectivity index (χ0) is 8.55. The largest absolute Gasteiger partial charge is 0.245 e. The van der Waals surface area contributed by atoms with Gasteiger partial charge in [-0.1, -0.05) is 5.21 Å². The van der Waals surface area contributed by atoms with Crippen LogP contribution in [0.1, 0.15) is 6.92 Å². The number of benzene rings is 1. The van der Waals surface area contributed by atoms with E-state index in [1.54, 1.807) is 10.7 Å². The van der Waals surface area contributed by atoms with Gasteiger partial charge >= 0.3 is 0 Å². The quantitative estimate of drug-likeness (QED) is 0.642. The molecule has 0 saturated carbocycles. The van der Waals surface area contributed by atoms with Crippen molar-refractivity contribution in [3.63, 3.8) is 0 Å². The summed E-state index contributed by atoms with van der Waals surface area (Å²) in [6, 6.07) is 4.46. The molecule has 0 unspecified atom stereocenters. The fourth-order valence-electron chi connectivity index (χ4n) is 1.17. The lowest BCUT2D eigenvalue weighted by atomic mass is 10.3. The summed E-state index contributed by atoms with van der Waals surface area (Å²) in [5.74, 6) is -0.250. The van der Waals surface area contributed by atoms with Crippen LogP contribution in [0.25, 0.3) is 11.0 Å². The van der Waals surface area contributed by atoms with Crippen molar-refractivity contribution in [3.05, 3.63) is 24.0 Å². The summed E-state index contributed by atoms with van der Waals surface area (Å²) in [5.41, 5.74) is 1.48. The minimum absolute atomic E-state index is 0.250. The maximum absolute atomic E-state index is 12.8. The Morgan fingerprint density at radius 1 is 1.50 bits per heavy atom. The molecule has 2 aromatic rings. The van der Waals surface area contributed by atoms with Gasteiger partial charge in [0.15, 0.2) is 0 Å². The predicted octanol–water partition coefficient (Wildman–Crippen LogP) is 1.59. The van der Waals surface area contributed by atoms with Gasteiger partial charge in [0, 0.05) is 12.6 Å². The molecule has 0 bridgehead atoms. The first-order chi connectivity index (χ1) is 5.81. The monoisotopic (exact) mass is 165 g/mol. The summed E-state index contributed by atoms with van der Waals surface area (Å²) >= 11 is 0. The van der Waals surface area contributed by atoms with Crippen molar-refractivity contribution in [2.45, 2.75) is 13.5 Å². The molecule has 1 heterocycles. The van der Waals surface area contributed by atoms with E-state index in [1.165, 1.54) is 12.1 Å². The lowest BCUT2D eigenvalue weighted by Crippen LogP contribution is -1.95. The van der Waals surface area contributed by atoms with E-state index >= 15 is 0 Å². The maximum atomic E-state index is 12.8. The molecule has 0 aliphatic carbocycles. The van der Waals surface area contributed by atoms with Crippen molar-refractivity contribution in [2.75, 3.05) is 0 Å². The Hall–Kier alpha value is -1.45. The van der Waals surface area contributed by atoms with E-state index in [9.17, 15) is 4.39 Å². The summed E-state index contributed by atoms with van der Waals surface area (Å²) in [4.78, 5) is 0. The Morgan fingerprint density at radius 3 is 3.08 bits per heavy atom. The molecule has 0 fully saturated rings. The zero-order valence-electron chi connectivity index (χ0n) is 6.66. The number of aryl methyl sites for hydroxylation is 1. The molecule has 1 aromatic heterocycles. The van der Waals surface area contributed by atoms with Gasteiger partial charge in [-0.25, -0.2) is 9.07 Å². The van der Waals surface area contributed by atoms with Crippen molar-refractivity contribution >= 4 is 11.0 Å². The van der Waals surface area contributed by atoms with Crippen molar-refractivity contribution in [2.24, 2.45) is 0 Å². The highest BCUT2D eigenvalue weighted by molar-refractivity contribution is 5.73. The molecular formula is C8H8FN3. The molecule has 0 spiro atoms. The first-order valence-electron chi connectivity index (χ1n) is 3.80. The normalized spacial score (nSPS) is 10.8. The van der Waals surface area contributed by atoms with Gasteiger partial charge in [0.2, 0.25) is 0 Å². The Labute approximate surface area is 68.8 Å². The van der Waals surface area contributed by atoms with Crippen LogP contribution in [-0.4, -0.2) is 15.0 Å². The summed E-state index contributed by atoms with van der Waals surface area (Å²) in [6.45, 7) is 2.65. The number of nitrogens with zero attached hydrogens (tertiary/aromatic N) is 3. The number of fused-ring (bicyclic) bond motifs is 1. The first kappa shape index (κ1) is 7.21. The molecule has 0 saturated heterocycles. The molecular weight excluding hydrogens is 157 g/mol. The lowest BCUT2D eigenvalue weighted by molar-refractivity contribution is 0.622. The van der Waals surface area contributed by atoms with E-state index < -0.39 is 0 Å². The molecule has 3 nitrogen and oxygen atoms in total.